The molecule has 3 aromatic carbocycles. The van der Waals surface area contributed by atoms with Gasteiger partial charge < -0.3 is 24.8 Å². The first-order valence-electron chi connectivity index (χ1n) is 15.1. The van der Waals surface area contributed by atoms with Crippen LogP contribution in [0.15, 0.2) is 72.8 Å². The minimum absolute atomic E-state index is 0.121. The van der Waals surface area contributed by atoms with E-state index in [1.165, 1.54) is 16.5 Å². The van der Waals surface area contributed by atoms with Crippen LogP contribution in [0.5, 0.6) is 11.5 Å². The van der Waals surface area contributed by atoms with Crippen LogP contribution < -0.4 is 20.1 Å². The molecule has 8 nitrogen and oxygen atoms in total. The number of piperidine rings is 1. The number of halogens is 1. The standard InChI is InChI=1S/C34H40FN3O5/c35-31-8-2-1-6-27(31)24-41-18-4-19-42-28-11-9-26(10-12-28)30-15-16-36-23-32(30)37-22-25-5-3-7-29(21-25)43-20-17-38-33(39)13-14-34(38)40/h1-3,5-12,21,30,32,36-37H,4,13-20,22-24H2/t30?,32-/m1/s1. The maximum absolute atomic E-state index is 13.7. The van der Waals surface area contributed by atoms with Crippen LogP contribution in [0.25, 0.3) is 0 Å². The second-order valence-electron chi connectivity index (χ2n) is 10.9. The summed E-state index contributed by atoms with van der Waals surface area (Å²) in [7, 11) is 0. The monoisotopic (exact) mass is 589 g/mol. The number of rotatable bonds is 15. The lowest BCUT2D eigenvalue weighted by Crippen LogP contribution is -2.47. The molecule has 2 aliphatic heterocycles. The van der Waals surface area contributed by atoms with E-state index in [9.17, 15) is 14.0 Å². The second kappa shape index (κ2) is 15.6. The molecule has 1 unspecified atom stereocenters. The van der Waals surface area contributed by atoms with Crippen LogP contribution in [0, 0.1) is 5.82 Å². The minimum Gasteiger partial charge on any atom is -0.494 e. The summed E-state index contributed by atoms with van der Waals surface area (Å²) >= 11 is 0. The molecular formula is C34H40FN3O5. The summed E-state index contributed by atoms with van der Waals surface area (Å²) in [5, 5.41) is 7.23. The van der Waals surface area contributed by atoms with E-state index in [0.29, 0.717) is 44.1 Å². The Kier molecular flexibility index (Phi) is 11.1. The fourth-order valence-electron chi connectivity index (χ4n) is 5.55. The van der Waals surface area contributed by atoms with E-state index in [1.54, 1.807) is 18.2 Å². The summed E-state index contributed by atoms with van der Waals surface area (Å²) in [6.07, 6.45) is 2.35. The number of carbonyl (C=O) groups is 2. The molecule has 0 aromatic heterocycles. The van der Waals surface area contributed by atoms with Gasteiger partial charge in [-0.3, -0.25) is 14.5 Å². The Balaban J connectivity index is 1.04. The van der Waals surface area contributed by atoms with Crippen LogP contribution in [0.4, 0.5) is 4.39 Å². The number of likely N-dealkylation sites (tertiary alicyclic amines) is 1. The highest BCUT2D eigenvalue weighted by Crippen LogP contribution is 2.28. The summed E-state index contributed by atoms with van der Waals surface area (Å²) in [5.41, 5.74) is 2.95. The molecule has 2 aliphatic rings. The molecular weight excluding hydrogens is 549 g/mol. The molecule has 2 N–H and O–H groups in total. The van der Waals surface area contributed by atoms with Gasteiger partial charge in [-0.25, -0.2) is 4.39 Å². The van der Waals surface area contributed by atoms with Gasteiger partial charge in [-0.1, -0.05) is 42.5 Å². The maximum Gasteiger partial charge on any atom is 0.229 e. The molecule has 43 heavy (non-hydrogen) atoms. The molecule has 5 rings (SSSR count). The first-order chi connectivity index (χ1) is 21.1. The zero-order valence-electron chi connectivity index (χ0n) is 24.4. The van der Waals surface area contributed by atoms with Crippen LogP contribution in [0.2, 0.25) is 0 Å². The van der Waals surface area contributed by atoms with Gasteiger partial charge in [-0.2, -0.15) is 0 Å². The summed E-state index contributed by atoms with van der Waals surface area (Å²) in [4.78, 5) is 24.9. The average molecular weight is 590 g/mol. The van der Waals surface area contributed by atoms with Crippen molar-refractivity contribution in [1.82, 2.24) is 15.5 Å². The number of hydrogen-bond acceptors (Lipinski definition) is 7. The number of benzene rings is 3. The topological polar surface area (TPSA) is 89.1 Å². The summed E-state index contributed by atoms with van der Waals surface area (Å²) in [5.74, 6) is 1.44. The van der Waals surface area contributed by atoms with E-state index in [-0.39, 0.29) is 43.4 Å². The molecule has 0 saturated carbocycles. The maximum atomic E-state index is 13.7. The van der Waals surface area contributed by atoms with Crippen molar-refractivity contribution < 1.29 is 28.2 Å². The molecule has 3 aromatic rings. The van der Waals surface area contributed by atoms with Crippen LogP contribution in [0.1, 0.15) is 48.3 Å². The second-order valence-corrected chi connectivity index (χ2v) is 10.9. The molecule has 0 bridgehead atoms. The van der Waals surface area contributed by atoms with Gasteiger partial charge in [0.15, 0.2) is 0 Å². The Bertz CT molecular complexity index is 1340. The van der Waals surface area contributed by atoms with Gasteiger partial charge in [0.1, 0.15) is 23.9 Å². The number of hydrogen-bond donors (Lipinski definition) is 2. The third-order valence-electron chi connectivity index (χ3n) is 7.91. The summed E-state index contributed by atoms with van der Waals surface area (Å²) in [6.45, 7) is 4.41. The van der Waals surface area contributed by atoms with E-state index >= 15 is 0 Å². The quantitative estimate of drug-likeness (QED) is 0.198. The lowest BCUT2D eigenvalue weighted by Gasteiger charge is -2.33. The van der Waals surface area contributed by atoms with E-state index in [1.807, 2.05) is 30.3 Å². The smallest absolute Gasteiger partial charge is 0.229 e. The minimum atomic E-state index is -0.242. The van der Waals surface area contributed by atoms with Crippen molar-refractivity contribution >= 4 is 11.8 Å². The van der Waals surface area contributed by atoms with Gasteiger partial charge in [-0.05, 0) is 54.4 Å². The molecule has 228 valence electrons. The molecule has 9 heteroatoms. The van der Waals surface area contributed by atoms with Gasteiger partial charge >= 0.3 is 0 Å². The van der Waals surface area contributed by atoms with Crippen molar-refractivity contribution in [1.29, 1.82) is 0 Å². The van der Waals surface area contributed by atoms with E-state index in [2.05, 4.69) is 28.8 Å². The SMILES string of the molecule is O=C1CCC(=O)N1CCOc1cccc(CN[C@@H]2CNCCC2c2ccc(OCCCOCc3ccccc3F)cc2)c1. The van der Waals surface area contributed by atoms with Crippen LogP contribution in [0.3, 0.4) is 0 Å². The number of imide groups is 1. The number of ether oxygens (including phenoxy) is 3. The number of nitrogens with zero attached hydrogens (tertiary/aromatic N) is 1. The highest BCUT2D eigenvalue weighted by atomic mass is 19.1. The van der Waals surface area contributed by atoms with Gasteiger partial charge in [0, 0.05) is 49.9 Å². The zero-order valence-corrected chi connectivity index (χ0v) is 24.4. The largest absolute Gasteiger partial charge is 0.494 e. The van der Waals surface area contributed by atoms with Crippen LogP contribution in [-0.2, 0) is 27.5 Å². The molecule has 2 heterocycles. The Morgan fingerprint density at radius 1 is 0.884 bits per heavy atom. The molecule has 2 saturated heterocycles. The van der Waals surface area contributed by atoms with Crippen molar-refractivity contribution in [3.8, 4) is 11.5 Å². The van der Waals surface area contributed by atoms with Crippen molar-refractivity contribution in [3.63, 3.8) is 0 Å². The lowest BCUT2D eigenvalue weighted by atomic mass is 9.86. The lowest BCUT2D eigenvalue weighted by molar-refractivity contribution is -0.138. The zero-order chi connectivity index (χ0) is 29.9. The van der Waals surface area contributed by atoms with Crippen molar-refractivity contribution in [2.75, 3.05) is 39.5 Å². The number of nitrogens with one attached hydrogen (secondary N) is 2. The first kappa shape index (κ1) is 30.7. The van der Waals surface area contributed by atoms with E-state index in [4.69, 9.17) is 14.2 Å². The van der Waals surface area contributed by atoms with Crippen molar-refractivity contribution in [2.24, 2.45) is 0 Å². The Morgan fingerprint density at radius 3 is 2.49 bits per heavy atom. The van der Waals surface area contributed by atoms with Gasteiger partial charge in [0.2, 0.25) is 11.8 Å². The summed E-state index contributed by atoms with van der Waals surface area (Å²) < 4.78 is 31.0. The normalized spacial score (nSPS) is 18.7. The molecule has 2 fully saturated rings. The fraction of sp³-hybridized carbons (Fsp3) is 0.412. The van der Waals surface area contributed by atoms with Gasteiger partial charge in [0.25, 0.3) is 0 Å². The number of amides is 2. The summed E-state index contributed by atoms with van der Waals surface area (Å²) in [6, 6.07) is 23.2. The Labute approximate surface area is 252 Å². The van der Waals surface area contributed by atoms with Crippen molar-refractivity contribution in [3.05, 3.63) is 95.3 Å². The molecule has 2 amide bonds. The third-order valence-corrected chi connectivity index (χ3v) is 7.91. The molecule has 2 atom stereocenters. The third kappa shape index (κ3) is 8.86. The fourth-order valence-corrected chi connectivity index (χ4v) is 5.55. The van der Waals surface area contributed by atoms with Gasteiger partial charge in [-0.15, -0.1) is 0 Å². The Morgan fingerprint density at radius 2 is 1.67 bits per heavy atom. The highest BCUT2D eigenvalue weighted by molar-refractivity contribution is 6.01. The molecule has 0 spiro atoms. The molecule has 0 radical (unpaired) electrons. The average Bonchev–Trinajstić information content (AvgIpc) is 3.35. The highest BCUT2D eigenvalue weighted by Gasteiger charge is 2.28. The van der Waals surface area contributed by atoms with E-state index < -0.39 is 0 Å². The van der Waals surface area contributed by atoms with E-state index in [0.717, 1.165) is 43.0 Å². The number of carbonyl (C=O) groups excluding carboxylic acids is 2. The Hall–Kier alpha value is -3.79. The molecule has 0 aliphatic carbocycles. The van der Waals surface area contributed by atoms with Crippen molar-refractivity contribution in [2.45, 2.75) is 50.8 Å². The predicted octanol–water partition coefficient (Wildman–Crippen LogP) is 4.57. The first-order valence-corrected chi connectivity index (χ1v) is 15.1. The van der Waals surface area contributed by atoms with Crippen LogP contribution >= 0.6 is 0 Å². The van der Waals surface area contributed by atoms with Crippen LogP contribution in [-0.4, -0.2) is 62.2 Å². The predicted molar refractivity (Wildman–Crippen MR) is 161 cm³/mol. The van der Waals surface area contributed by atoms with Gasteiger partial charge in [0.05, 0.1) is 26.4 Å².